The van der Waals surface area contributed by atoms with Gasteiger partial charge in [0, 0.05) is 11.5 Å². The van der Waals surface area contributed by atoms with Gasteiger partial charge in [-0.3, -0.25) is 0 Å². The Labute approximate surface area is 126 Å². The fourth-order valence-corrected chi connectivity index (χ4v) is 3.46. The molecule has 0 aliphatic carbocycles. The van der Waals surface area contributed by atoms with Crippen LogP contribution in [0.4, 0.5) is 5.88 Å². The van der Waals surface area contributed by atoms with Gasteiger partial charge in [-0.05, 0) is 44.5 Å². The molecule has 2 heteroatoms. The van der Waals surface area contributed by atoms with Crippen molar-refractivity contribution < 1.29 is 4.42 Å². The molecule has 0 aliphatic rings. The number of hydrogen-bond acceptors (Lipinski definition) is 2. The van der Waals surface area contributed by atoms with E-state index in [1.807, 2.05) is 6.07 Å². The number of anilines is 1. The molecular weight excluding hydrogens is 270 g/mol. The van der Waals surface area contributed by atoms with Crippen molar-refractivity contribution in [1.29, 1.82) is 0 Å². The summed E-state index contributed by atoms with van der Waals surface area (Å²) in [6, 6.07) is 23.2. The van der Waals surface area contributed by atoms with Gasteiger partial charge in [0.1, 0.15) is 5.58 Å². The number of hydrogen-bond donors (Lipinski definition) is 1. The molecule has 2 nitrogen and oxygen atoms in total. The molecule has 5 aromatic rings. The van der Waals surface area contributed by atoms with Crippen LogP contribution in [0.15, 0.2) is 71.1 Å². The third-order valence-corrected chi connectivity index (χ3v) is 4.40. The summed E-state index contributed by atoms with van der Waals surface area (Å²) >= 11 is 0. The Morgan fingerprint density at radius 3 is 1.68 bits per heavy atom. The standard InChI is InChI=1S/C20H13NO/c21-20-10-12-9-17-15-7-3-1-5-13(15)14-6-2-4-8-16(14)18(17)11-19(12)22-20/h1-11H,21H2. The lowest BCUT2D eigenvalue weighted by atomic mass is 9.94. The highest BCUT2D eigenvalue weighted by Gasteiger charge is 2.10. The van der Waals surface area contributed by atoms with Crippen LogP contribution in [0, 0.1) is 0 Å². The largest absolute Gasteiger partial charge is 0.441 e. The number of furan rings is 1. The summed E-state index contributed by atoms with van der Waals surface area (Å²) in [5.74, 6) is 0.457. The highest BCUT2D eigenvalue weighted by molar-refractivity contribution is 6.26. The first-order chi connectivity index (χ1) is 10.8. The highest BCUT2D eigenvalue weighted by Crippen LogP contribution is 2.37. The van der Waals surface area contributed by atoms with Crippen LogP contribution in [-0.4, -0.2) is 0 Å². The number of fused-ring (bicyclic) bond motifs is 7. The molecule has 0 spiro atoms. The molecule has 1 heterocycles. The van der Waals surface area contributed by atoms with Gasteiger partial charge in [-0.1, -0.05) is 48.5 Å². The summed E-state index contributed by atoms with van der Waals surface area (Å²) in [7, 11) is 0. The molecule has 2 N–H and O–H groups in total. The second kappa shape index (κ2) is 4.01. The van der Waals surface area contributed by atoms with Crippen molar-refractivity contribution in [3.63, 3.8) is 0 Å². The molecule has 4 aromatic carbocycles. The van der Waals surface area contributed by atoms with Gasteiger partial charge in [0.25, 0.3) is 0 Å². The van der Waals surface area contributed by atoms with E-state index in [2.05, 4.69) is 60.7 Å². The molecular formula is C20H13NO. The molecule has 5 rings (SSSR count). The van der Waals surface area contributed by atoms with Crippen LogP contribution >= 0.6 is 0 Å². The number of nitrogen functional groups attached to an aromatic ring is 1. The Morgan fingerprint density at radius 1 is 0.591 bits per heavy atom. The first-order valence-corrected chi connectivity index (χ1v) is 7.33. The third-order valence-electron chi connectivity index (χ3n) is 4.40. The molecule has 0 amide bonds. The molecule has 22 heavy (non-hydrogen) atoms. The SMILES string of the molecule is Nc1cc2cc3c4ccccc4c4ccccc4c3cc2o1. The molecule has 1 aromatic heterocycles. The Hall–Kier alpha value is -3.00. The van der Waals surface area contributed by atoms with Gasteiger partial charge in [0.15, 0.2) is 5.88 Å². The Kier molecular flexibility index (Phi) is 2.12. The van der Waals surface area contributed by atoms with Crippen LogP contribution in [0.2, 0.25) is 0 Å². The van der Waals surface area contributed by atoms with Crippen LogP contribution in [0.25, 0.3) is 43.3 Å². The van der Waals surface area contributed by atoms with E-state index in [1.54, 1.807) is 0 Å². The van der Waals surface area contributed by atoms with Crippen molar-refractivity contribution in [3.8, 4) is 0 Å². The van der Waals surface area contributed by atoms with Crippen molar-refractivity contribution in [1.82, 2.24) is 0 Å². The van der Waals surface area contributed by atoms with Crippen LogP contribution < -0.4 is 5.73 Å². The Balaban J connectivity index is 2.17. The predicted molar refractivity (Wildman–Crippen MR) is 93.1 cm³/mol. The molecule has 0 radical (unpaired) electrons. The van der Waals surface area contributed by atoms with Crippen LogP contribution in [-0.2, 0) is 0 Å². The van der Waals surface area contributed by atoms with E-state index >= 15 is 0 Å². The summed E-state index contributed by atoms with van der Waals surface area (Å²) in [6.07, 6.45) is 0. The van der Waals surface area contributed by atoms with Crippen molar-refractivity contribution in [2.45, 2.75) is 0 Å². The minimum atomic E-state index is 0.457. The van der Waals surface area contributed by atoms with Crippen molar-refractivity contribution in [2.75, 3.05) is 5.73 Å². The molecule has 0 saturated carbocycles. The van der Waals surface area contributed by atoms with E-state index in [9.17, 15) is 0 Å². The maximum Gasteiger partial charge on any atom is 0.191 e. The minimum Gasteiger partial charge on any atom is -0.441 e. The monoisotopic (exact) mass is 283 g/mol. The molecule has 0 atom stereocenters. The zero-order valence-electron chi connectivity index (χ0n) is 11.8. The smallest absolute Gasteiger partial charge is 0.191 e. The minimum absolute atomic E-state index is 0.457. The second-order valence-corrected chi connectivity index (χ2v) is 5.68. The summed E-state index contributed by atoms with van der Waals surface area (Å²) in [5, 5.41) is 8.54. The zero-order valence-corrected chi connectivity index (χ0v) is 11.8. The topological polar surface area (TPSA) is 39.2 Å². The average molecular weight is 283 g/mol. The van der Waals surface area contributed by atoms with E-state index in [1.165, 1.54) is 32.3 Å². The highest BCUT2D eigenvalue weighted by atomic mass is 16.3. The van der Waals surface area contributed by atoms with Crippen molar-refractivity contribution >= 4 is 49.2 Å². The number of nitrogens with two attached hydrogens (primary N) is 1. The van der Waals surface area contributed by atoms with Crippen LogP contribution in [0.5, 0.6) is 0 Å². The Morgan fingerprint density at radius 2 is 1.09 bits per heavy atom. The van der Waals surface area contributed by atoms with E-state index in [4.69, 9.17) is 10.2 Å². The van der Waals surface area contributed by atoms with Gasteiger partial charge in [-0.2, -0.15) is 0 Å². The number of rotatable bonds is 0. The molecule has 0 fully saturated rings. The van der Waals surface area contributed by atoms with Gasteiger partial charge in [-0.15, -0.1) is 0 Å². The van der Waals surface area contributed by atoms with Crippen LogP contribution in [0.3, 0.4) is 0 Å². The fraction of sp³-hybridized carbons (Fsp3) is 0. The van der Waals surface area contributed by atoms with Gasteiger partial charge >= 0.3 is 0 Å². The first kappa shape index (κ1) is 11.6. The normalized spacial score (nSPS) is 11.8. The van der Waals surface area contributed by atoms with Gasteiger partial charge < -0.3 is 10.2 Å². The summed E-state index contributed by atoms with van der Waals surface area (Å²) in [4.78, 5) is 0. The average Bonchev–Trinajstić information content (AvgIpc) is 2.92. The lowest BCUT2D eigenvalue weighted by molar-refractivity contribution is 0.638. The molecule has 0 unspecified atom stereocenters. The van der Waals surface area contributed by atoms with Crippen molar-refractivity contribution in [2.24, 2.45) is 0 Å². The van der Waals surface area contributed by atoms with Gasteiger partial charge in [0.05, 0.1) is 0 Å². The Bertz CT molecular complexity index is 1090. The fourth-order valence-electron chi connectivity index (χ4n) is 3.46. The zero-order chi connectivity index (χ0) is 14.7. The van der Waals surface area contributed by atoms with E-state index in [-0.39, 0.29) is 0 Å². The van der Waals surface area contributed by atoms with E-state index < -0.39 is 0 Å². The van der Waals surface area contributed by atoms with E-state index in [0.29, 0.717) is 5.88 Å². The predicted octanol–water partition coefficient (Wildman–Crippen LogP) is 5.47. The quantitative estimate of drug-likeness (QED) is 0.382. The lowest BCUT2D eigenvalue weighted by Crippen LogP contribution is -1.82. The molecule has 104 valence electrons. The maximum absolute atomic E-state index is 5.81. The number of benzene rings is 4. The summed E-state index contributed by atoms with van der Waals surface area (Å²) < 4.78 is 5.61. The molecule has 0 aliphatic heterocycles. The second-order valence-electron chi connectivity index (χ2n) is 5.68. The molecule has 0 bridgehead atoms. The van der Waals surface area contributed by atoms with Gasteiger partial charge in [0.2, 0.25) is 0 Å². The summed E-state index contributed by atoms with van der Waals surface area (Å²) in [5.41, 5.74) is 6.65. The maximum atomic E-state index is 5.81. The summed E-state index contributed by atoms with van der Waals surface area (Å²) in [6.45, 7) is 0. The lowest BCUT2D eigenvalue weighted by Gasteiger charge is -2.10. The van der Waals surface area contributed by atoms with E-state index in [0.717, 1.165) is 11.0 Å². The third kappa shape index (κ3) is 1.44. The molecule has 0 saturated heterocycles. The first-order valence-electron chi connectivity index (χ1n) is 7.33. The van der Waals surface area contributed by atoms with Crippen LogP contribution in [0.1, 0.15) is 0 Å². The van der Waals surface area contributed by atoms with Crippen molar-refractivity contribution in [3.05, 3.63) is 66.7 Å². The van der Waals surface area contributed by atoms with Gasteiger partial charge in [-0.25, -0.2) is 0 Å².